The highest BCUT2D eigenvalue weighted by atomic mass is 16.5. The summed E-state index contributed by atoms with van der Waals surface area (Å²) in [7, 11) is 0. The Labute approximate surface area is 128 Å². The van der Waals surface area contributed by atoms with E-state index in [-0.39, 0.29) is 0 Å². The Morgan fingerprint density at radius 3 is 2.57 bits per heavy atom. The van der Waals surface area contributed by atoms with Crippen LogP contribution in [0.1, 0.15) is 50.5 Å². The largest absolute Gasteiger partial charge is 0.389 e. The van der Waals surface area contributed by atoms with Gasteiger partial charge in [0.25, 0.3) is 0 Å². The first kappa shape index (κ1) is 16.5. The standard InChI is InChI=1S/C18H29NO2/c1-15(16-8-4-2-5-9-16)12-19-13-17(20)14-21-18-10-6-3-7-11-18/h2,4-5,8-9,15,17-20H,3,6-7,10-14H2,1H3. The van der Waals surface area contributed by atoms with E-state index in [4.69, 9.17) is 4.74 Å². The molecule has 1 aromatic rings. The topological polar surface area (TPSA) is 41.5 Å². The number of ether oxygens (including phenoxy) is 1. The third kappa shape index (κ3) is 6.16. The van der Waals surface area contributed by atoms with Crippen LogP contribution >= 0.6 is 0 Å². The van der Waals surface area contributed by atoms with Crippen molar-refractivity contribution >= 4 is 0 Å². The summed E-state index contributed by atoms with van der Waals surface area (Å²) in [5, 5.41) is 13.3. The summed E-state index contributed by atoms with van der Waals surface area (Å²) in [6.07, 6.45) is 6.16. The lowest BCUT2D eigenvalue weighted by Gasteiger charge is -2.23. The molecule has 3 heteroatoms. The van der Waals surface area contributed by atoms with E-state index in [1.165, 1.54) is 24.8 Å². The Kier molecular flexibility index (Phi) is 7.20. The molecule has 1 fully saturated rings. The number of aliphatic hydroxyl groups is 1. The van der Waals surface area contributed by atoms with Crippen LogP contribution in [0.15, 0.2) is 30.3 Å². The maximum absolute atomic E-state index is 9.98. The molecular formula is C18H29NO2. The van der Waals surface area contributed by atoms with Gasteiger partial charge in [0.05, 0.1) is 18.8 Å². The number of aliphatic hydroxyl groups excluding tert-OH is 1. The van der Waals surface area contributed by atoms with Crippen molar-refractivity contribution in [2.75, 3.05) is 19.7 Å². The van der Waals surface area contributed by atoms with Gasteiger partial charge in [0, 0.05) is 13.1 Å². The molecule has 3 nitrogen and oxygen atoms in total. The van der Waals surface area contributed by atoms with E-state index >= 15 is 0 Å². The fourth-order valence-electron chi connectivity index (χ4n) is 2.90. The molecule has 2 atom stereocenters. The quantitative estimate of drug-likeness (QED) is 0.773. The lowest BCUT2D eigenvalue weighted by atomic mass is 9.98. The second kappa shape index (κ2) is 9.19. The van der Waals surface area contributed by atoms with E-state index in [0.717, 1.165) is 19.4 Å². The van der Waals surface area contributed by atoms with Crippen LogP contribution in [0, 0.1) is 0 Å². The second-order valence-corrected chi connectivity index (χ2v) is 6.22. The number of benzene rings is 1. The number of nitrogens with one attached hydrogen (secondary N) is 1. The number of hydrogen-bond donors (Lipinski definition) is 2. The van der Waals surface area contributed by atoms with Crippen molar-refractivity contribution in [3.8, 4) is 0 Å². The molecule has 1 aliphatic rings. The fraction of sp³-hybridized carbons (Fsp3) is 0.667. The molecule has 0 saturated heterocycles. The lowest BCUT2D eigenvalue weighted by molar-refractivity contribution is -0.0229. The summed E-state index contributed by atoms with van der Waals surface area (Å²) in [6.45, 7) is 4.14. The Morgan fingerprint density at radius 1 is 1.14 bits per heavy atom. The molecule has 0 bridgehead atoms. The summed E-state index contributed by atoms with van der Waals surface area (Å²) >= 11 is 0. The number of hydrogen-bond acceptors (Lipinski definition) is 3. The summed E-state index contributed by atoms with van der Waals surface area (Å²) in [5.74, 6) is 0.456. The normalized spacial score (nSPS) is 19.3. The maximum atomic E-state index is 9.98. The highest BCUT2D eigenvalue weighted by molar-refractivity contribution is 5.18. The molecule has 0 aromatic heterocycles. The zero-order chi connectivity index (χ0) is 14.9. The average molecular weight is 291 g/mol. The molecule has 0 heterocycles. The van der Waals surface area contributed by atoms with Gasteiger partial charge in [-0.2, -0.15) is 0 Å². The average Bonchev–Trinajstić information content (AvgIpc) is 2.54. The molecule has 1 aromatic carbocycles. The minimum atomic E-state index is -0.408. The van der Waals surface area contributed by atoms with Gasteiger partial charge >= 0.3 is 0 Å². The summed E-state index contributed by atoms with van der Waals surface area (Å²) in [4.78, 5) is 0. The van der Waals surface area contributed by atoms with Crippen molar-refractivity contribution in [2.45, 2.75) is 57.2 Å². The van der Waals surface area contributed by atoms with E-state index in [2.05, 4.69) is 36.5 Å². The van der Waals surface area contributed by atoms with Crippen LogP contribution in [0.3, 0.4) is 0 Å². The van der Waals surface area contributed by atoms with Gasteiger partial charge < -0.3 is 15.2 Å². The predicted molar refractivity (Wildman–Crippen MR) is 86.6 cm³/mol. The van der Waals surface area contributed by atoms with Crippen LogP contribution in [0.5, 0.6) is 0 Å². The third-order valence-corrected chi connectivity index (χ3v) is 4.28. The molecule has 0 amide bonds. The van der Waals surface area contributed by atoms with Crippen molar-refractivity contribution in [1.82, 2.24) is 5.32 Å². The van der Waals surface area contributed by atoms with Gasteiger partial charge in [0.2, 0.25) is 0 Å². The molecule has 2 rings (SSSR count). The molecule has 0 aliphatic heterocycles. The van der Waals surface area contributed by atoms with Crippen LogP contribution in [-0.4, -0.2) is 37.0 Å². The van der Waals surface area contributed by atoms with Gasteiger partial charge in [0.15, 0.2) is 0 Å². The van der Waals surface area contributed by atoms with Gasteiger partial charge in [0.1, 0.15) is 0 Å². The minimum Gasteiger partial charge on any atom is -0.389 e. The summed E-state index contributed by atoms with van der Waals surface area (Å²) in [6, 6.07) is 10.5. The molecule has 2 N–H and O–H groups in total. The van der Waals surface area contributed by atoms with Crippen LogP contribution in [0.4, 0.5) is 0 Å². The van der Waals surface area contributed by atoms with E-state index in [1.54, 1.807) is 0 Å². The predicted octanol–water partition coefficient (Wildman–Crippen LogP) is 3.09. The zero-order valence-corrected chi connectivity index (χ0v) is 13.1. The SMILES string of the molecule is CC(CNCC(O)COC1CCCCC1)c1ccccc1. The highest BCUT2D eigenvalue weighted by Crippen LogP contribution is 2.20. The van der Waals surface area contributed by atoms with Crippen molar-refractivity contribution in [2.24, 2.45) is 0 Å². The molecule has 1 aliphatic carbocycles. The van der Waals surface area contributed by atoms with Crippen LogP contribution < -0.4 is 5.32 Å². The zero-order valence-electron chi connectivity index (χ0n) is 13.1. The van der Waals surface area contributed by atoms with Crippen LogP contribution in [0.25, 0.3) is 0 Å². The minimum absolute atomic E-state index is 0.372. The molecule has 1 saturated carbocycles. The van der Waals surface area contributed by atoms with Crippen molar-refractivity contribution in [1.29, 1.82) is 0 Å². The lowest BCUT2D eigenvalue weighted by Crippen LogP contribution is -2.34. The van der Waals surface area contributed by atoms with E-state index in [9.17, 15) is 5.11 Å². The Balaban J connectivity index is 1.57. The van der Waals surface area contributed by atoms with Gasteiger partial charge in [-0.3, -0.25) is 0 Å². The van der Waals surface area contributed by atoms with Gasteiger partial charge in [-0.1, -0.05) is 56.5 Å². The van der Waals surface area contributed by atoms with E-state index in [0.29, 0.717) is 25.2 Å². The molecule has 0 spiro atoms. The first-order valence-corrected chi connectivity index (χ1v) is 8.31. The second-order valence-electron chi connectivity index (χ2n) is 6.22. The highest BCUT2D eigenvalue weighted by Gasteiger charge is 2.15. The van der Waals surface area contributed by atoms with Crippen molar-refractivity contribution < 1.29 is 9.84 Å². The van der Waals surface area contributed by atoms with Crippen LogP contribution in [0.2, 0.25) is 0 Å². The molecule has 21 heavy (non-hydrogen) atoms. The third-order valence-electron chi connectivity index (χ3n) is 4.28. The van der Waals surface area contributed by atoms with Gasteiger partial charge in [-0.25, -0.2) is 0 Å². The monoisotopic (exact) mass is 291 g/mol. The fourth-order valence-corrected chi connectivity index (χ4v) is 2.90. The first-order valence-electron chi connectivity index (χ1n) is 8.31. The Hall–Kier alpha value is -0.900. The van der Waals surface area contributed by atoms with Crippen molar-refractivity contribution in [3.63, 3.8) is 0 Å². The van der Waals surface area contributed by atoms with E-state index < -0.39 is 6.10 Å². The van der Waals surface area contributed by atoms with Gasteiger partial charge in [-0.05, 0) is 24.3 Å². The van der Waals surface area contributed by atoms with Gasteiger partial charge in [-0.15, -0.1) is 0 Å². The van der Waals surface area contributed by atoms with Crippen LogP contribution in [-0.2, 0) is 4.74 Å². The number of rotatable bonds is 8. The first-order chi connectivity index (χ1) is 10.3. The van der Waals surface area contributed by atoms with E-state index in [1.807, 2.05) is 6.07 Å². The molecule has 0 radical (unpaired) electrons. The molecular weight excluding hydrogens is 262 g/mol. The van der Waals surface area contributed by atoms with Crippen molar-refractivity contribution in [3.05, 3.63) is 35.9 Å². The summed E-state index contributed by atoms with van der Waals surface area (Å²) < 4.78 is 5.80. The Bertz CT molecular complexity index is 376. The molecule has 118 valence electrons. The smallest absolute Gasteiger partial charge is 0.0897 e. The maximum Gasteiger partial charge on any atom is 0.0897 e. The Morgan fingerprint density at radius 2 is 1.86 bits per heavy atom. The molecule has 2 unspecified atom stereocenters. The summed E-state index contributed by atoms with van der Waals surface area (Å²) in [5.41, 5.74) is 1.33.